The number of ether oxygens (including phenoxy) is 1. The quantitative estimate of drug-likeness (QED) is 0.296. The maximum atomic E-state index is 15.4. The Labute approximate surface area is 190 Å². The van der Waals surface area contributed by atoms with Crippen LogP contribution in [0.4, 0.5) is 4.39 Å². The molecule has 32 heavy (non-hydrogen) atoms. The van der Waals surface area contributed by atoms with E-state index in [2.05, 4.69) is 21.8 Å². The van der Waals surface area contributed by atoms with E-state index in [0.29, 0.717) is 34.0 Å². The molecule has 3 rings (SSSR count). The Morgan fingerprint density at radius 1 is 1.34 bits per heavy atom. The van der Waals surface area contributed by atoms with Crippen LogP contribution in [0.2, 0.25) is 5.02 Å². The average molecular weight is 457 g/mol. The topological polar surface area (TPSA) is 79.6 Å². The minimum atomic E-state index is -0.937. The third-order valence-corrected chi connectivity index (χ3v) is 5.03. The van der Waals surface area contributed by atoms with E-state index in [0.717, 1.165) is 5.56 Å². The van der Waals surface area contributed by atoms with Gasteiger partial charge in [-0.15, -0.1) is 11.6 Å². The molecule has 0 spiro atoms. The van der Waals surface area contributed by atoms with Gasteiger partial charge in [-0.1, -0.05) is 35.9 Å². The maximum Gasteiger partial charge on any atom is 0.396 e. The Hall–Kier alpha value is -3.45. The molecule has 0 radical (unpaired) electrons. The van der Waals surface area contributed by atoms with E-state index in [9.17, 15) is 9.59 Å². The number of pyridine rings is 1. The molecular weight excluding hydrogens is 435 g/mol. The fraction of sp³-hybridized carbons (Fsp3) is 0.208. The lowest BCUT2D eigenvalue weighted by molar-refractivity contribution is -0.379. The number of nitrogens with one attached hydrogen (secondary N) is 1. The van der Waals surface area contributed by atoms with Crippen LogP contribution in [-0.4, -0.2) is 30.3 Å². The van der Waals surface area contributed by atoms with Gasteiger partial charge < -0.3 is 10.1 Å². The van der Waals surface area contributed by atoms with Gasteiger partial charge in [0.1, 0.15) is 0 Å². The SMILES string of the molecule is C=[O+]C1=C(c2cccc(Cl)c2)[C-](F)C(Cc2ccc(CNC(=O)C(=O)OCC)nc2)C=C1. The first kappa shape index (κ1) is 23.2. The number of esters is 1. The summed E-state index contributed by atoms with van der Waals surface area (Å²) in [5, 5.41) is 2.94. The molecule has 0 bridgehead atoms. The molecule has 0 fully saturated rings. The summed E-state index contributed by atoms with van der Waals surface area (Å²) in [5.41, 5.74) is 2.29. The Balaban J connectivity index is 1.67. The van der Waals surface area contributed by atoms with Crippen LogP contribution >= 0.6 is 11.6 Å². The largest absolute Gasteiger partial charge is 0.459 e. The average Bonchev–Trinajstić information content (AvgIpc) is 2.79. The highest BCUT2D eigenvalue weighted by molar-refractivity contribution is 6.32. The third kappa shape index (κ3) is 5.62. The van der Waals surface area contributed by atoms with Crippen molar-refractivity contribution in [3.05, 3.63) is 88.5 Å². The van der Waals surface area contributed by atoms with E-state index in [1.165, 1.54) is 0 Å². The summed E-state index contributed by atoms with van der Waals surface area (Å²) in [7, 11) is 0. The Bertz CT molecular complexity index is 1070. The molecule has 8 heteroatoms. The lowest BCUT2D eigenvalue weighted by atomic mass is 9.84. The molecule has 166 valence electrons. The number of hydrogen-bond donors (Lipinski definition) is 1. The second-order valence-electron chi connectivity index (χ2n) is 6.97. The zero-order chi connectivity index (χ0) is 23.1. The standard InChI is InChI=1S/C24H22ClFN2O4/c1-3-32-24(30)23(29)28-14-19-9-7-15(13-27-19)11-17-8-10-20(31-2)21(22(17)26)16-5-4-6-18(25)12-16/h4-10,12-13,17H,2-3,11,14H2,1H3,(H,28,29). The summed E-state index contributed by atoms with van der Waals surface area (Å²) in [4.78, 5) is 27.2. The second kappa shape index (κ2) is 10.7. The van der Waals surface area contributed by atoms with Gasteiger partial charge >= 0.3 is 11.9 Å². The molecule has 1 aliphatic carbocycles. The lowest BCUT2D eigenvalue weighted by Gasteiger charge is -2.30. The molecular formula is C24H22ClFN2O4. The highest BCUT2D eigenvalue weighted by Crippen LogP contribution is 2.41. The fourth-order valence-electron chi connectivity index (χ4n) is 3.25. The number of allylic oxidation sites excluding steroid dienone is 3. The molecule has 1 heterocycles. The van der Waals surface area contributed by atoms with Crippen LogP contribution in [0.3, 0.4) is 0 Å². The highest BCUT2D eigenvalue weighted by atomic mass is 35.5. The summed E-state index contributed by atoms with van der Waals surface area (Å²) in [6.07, 6.45) is 5.06. The van der Waals surface area contributed by atoms with Crippen molar-refractivity contribution in [1.29, 1.82) is 0 Å². The maximum absolute atomic E-state index is 15.4. The van der Waals surface area contributed by atoms with Crippen LogP contribution in [0.1, 0.15) is 23.7 Å². The Morgan fingerprint density at radius 2 is 2.16 bits per heavy atom. The zero-order valence-electron chi connectivity index (χ0n) is 17.4. The zero-order valence-corrected chi connectivity index (χ0v) is 18.2. The molecule has 0 saturated heterocycles. The molecule has 1 N–H and O–H groups in total. The summed E-state index contributed by atoms with van der Waals surface area (Å²) in [6.45, 7) is 5.24. The molecule has 0 aliphatic heterocycles. The van der Waals surface area contributed by atoms with Crippen molar-refractivity contribution in [3.63, 3.8) is 0 Å². The van der Waals surface area contributed by atoms with Gasteiger partial charge in [-0.05, 0) is 48.6 Å². The van der Waals surface area contributed by atoms with Crippen LogP contribution < -0.4 is 5.32 Å². The van der Waals surface area contributed by atoms with Gasteiger partial charge in [-0.25, -0.2) is 4.79 Å². The van der Waals surface area contributed by atoms with Gasteiger partial charge in [0.15, 0.2) is 0 Å². The van der Waals surface area contributed by atoms with Gasteiger partial charge in [-0.3, -0.25) is 18.6 Å². The van der Waals surface area contributed by atoms with Crippen molar-refractivity contribution in [2.24, 2.45) is 5.92 Å². The van der Waals surface area contributed by atoms with Crippen molar-refractivity contribution in [2.75, 3.05) is 6.61 Å². The number of benzene rings is 1. The van der Waals surface area contributed by atoms with Crippen LogP contribution in [0.15, 0.2) is 60.5 Å². The van der Waals surface area contributed by atoms with E-state index in [4.69, 9.17) is 16.0 Å². The van der Waals surface area contributed by atoms with Crippen molar-refractivity contribution in [1.82, 2.24) is 10.3 Å². The number of halogens is 2. The van der Waals surface area contributed by atoms with Gasteiger partial charge in [0.05, 0.1) is 18.8 Å². The summed E-state index contributed by atoms with van der Waals surface area (Å²) in [6, 6.07) is 10.4. The first-order chi connectivity index (χ1) is 15.4. The fourth-order valence-corrected chi connectivity index (χ4v) is 3.44. The molecule has 1 atom stereocenters. The first-order valence-corrected chi connectivity index (χ1v) is 10.3. The minimum Gasteiger partial charge on any atom is -0.459 e. The molecule has 1 aromatic carbocycles. The number of carbonyl (C=O) groups excluding carboxylic acids is 3. The molecule has 6 nitrogen and oxygen atoms in total. The van der Waals surface area contributed by atoms with E-state index in [1.54, 1.807) is 61.7 Å². The number of nitrogens with zero attached hydrogens (tertiary/aromatic N) is 1. The monoisotopic (exact) mass is 456 g/mol. The van der Waals surface area contributed by atoms with Crippen molar-refractivity contribution < 1.29 is 23.1 Å². The van der Waals surface area contributed by atoms with Crippen LogP contribution in [0.25, 0.3) is 5.57 Å². The number of aromatic nitrogens is 1. The van der Waals surface area contributed by atoms with E-state index in [1.807, 2.05) is 0 Å². The number of carbonyl (C=O) groups is 2. The lowest BCUT2D eigenvalue weighted by Crippen LogP contribution is -2.32. The number of rotatable bonds is 7. The number of hydrogen-bond acceptors (Lipinski definition) is 4. The summed E-state index contributed by atoms with van der Waals surface area (Å²) < 4.78 is 25.2. The summed E-state index contributed by atoms with van der Waals surface area (Å²) in [5.74, 6) is -1.95. The number of amides is 1. The molecule has 1 aromatic heterocycles. The van der Waals surface area contributed by atoms with Crippen LogP contribution in [-0.2, 0) is 31.7 Å². The van der Waals surface area contributed by atoms with E-state index >= 15 is 4.39 Å². The minimum absolute atomic E-state index is 0.0770. The third-order valence-electron chi connectivity index (χ3n) is 4.79. The molecule has 2 aromatic rings. The van der Waals surface area contributed by atoms with Gasteiger partial charge in [0.25, 0.3) is 12.5 Å². The van der Waals surface area contributed by atoms with Crippen molar-refractivity contribution >= 4 is 35.8 Å². The predicted molar refractivity (Wildman–Crippen MR) is 119 cm³/mol. The van der Waals surface area contributed by atoms with Crippen LogP contribution in [0, 0.1) is 12.1 Å². The smallest absolute Gasteiger partial charge is 0.396 e. The van der Waals surface area contributed by atoms with E-state index in [-0.39, 0.29) is 19.3 Å². The predicted octanol–water partition coefficient (Wildman–Crippen LogP) is 3.92. The van der Waals surface area contributed by atoms with Gasteiger partial charge in [-0.2, -0.15) is 0 Å². The Morgan fingerprint density at radius 3 is 2.81 bits per heavy atom. The molecule has 1 unspecified atom stereocenters. The molecule has 0 saturated carbocycles. The van der Waals surface area contributed by atoms with Crippen LogP contribution in [0.5, 0.6) is 0 Å². The van der Waals surface area contributed by atoms with Gasteiger partial charge in [0.2, 0.25) is 0 Å². The first-order valence-electron chi connectivity index (χ1n) is 9.94. The van der Waals surface area contributed by atoms with Crippen molar-refractivity contribution in [3.8, 4) is 0 Å². The second-order valence-corrected chi connectivity index (χ2v) is 7.41. The molecule has 1 aliphatic rings. The van der Waals surface area contributed by atoms with Crippen molar-refractivity contribution in [2.45, 2.75) is 19.9 Å². The Kier molecular flexibility index (Phi) is 7.78. The highest BCUT2D eigenvalue weighted by Gasteiger charge is 2.26. The molecule has 1 amide bonds. The van der Waals surface area contributed by atoms with E-state index < -0.39 is 17.8 Å². The normalized spacial score (nSPS) is 15.5. The summed E-state index contributed by atoms with van der Waals surface area (Å²) >= 11 is 6.07. The van der Waals surface area contributed by atoms with Gasteiger partial charge in [0, 0.05) is 17.4 Å².